The minimum Gasteiger partial charge on any atom is -0.484 e. The Hall–Kier alpha value is -4.08. The number of benzene rings is 3. The number of ether oxygens (including phenoxy) is 1. The third-order valence-electron chi connectivity index (χ3n) is 5.53. The maximum absolute atomic E-state index is 12.8. The molecule has 10 heteroatoms. The summed E-state index contributed by atoms with van der Waals surface area (Å²) in [6.45, 7) is 3.20. The number of carbonyl (C=O) groups is 4. The second kappa shape index (κ2) is 12.0. The van der Waals surface area contributed by atoms with E-state index in [1.807, 2.05) is 38.1 Å². The van der Waals surface area contributed by atoms with Gasteiger partial charge in [0.2, 0.25) is 5.91 Å². The van der Waals surface area contributed by atoms with Gasteiger partial charge in [0, 0.05) is 16.4 Å². The van der Waals surface area contributed by atoms with Crippen LogP contribution in [0, 0.1) is 13.8 Å². The van der Waals surface area contributed by atoms with E-state index in [2.05, 4.69) is 10.6 Å². The third kappa shape index (κ3) is 7.02. The summed E-state index contributed by atoms with van der Waals surface area (Å²) in [5.74, 6) is -0.874. The molecule has 0 bridgehead atoms. The lowest BCUT2D eigenvalue weighted by molar-refractivity contribution is -0.127. The van der Waals surface area contributed by atoms with Gasteiger partial charge < -0.3 is 15.4 Å². The van der Waals surface area contributed by atoms with Crippen molar-refractivity contribution >= 4 is 63.8 Å². The molecule has 194 valence electrons. The Morgan fingerprint density at radius 3 is 2.37 bits per heavy atom. The molecule has 0 atom stereocenters. The fraction of sp³-hybridized carbons (Fsp3) is 0.143. The quantitative estimate of drug-likeness (QED) is 0.352. The molecule has 1 heterocycles. The maximum Gasteiger partial charge on any atom is 0.294 e. The number of aryl methyl sites for hydroxylation is 2. The minimum absolute atomic E-state index is 0.164. The van der Waals surface area contributed by atoms with Gasteiger partial charge in [-0.25, -0.2) is 0 Å². The molecule has 0 aromatic heterocycles. The zero-order valence-corrected chi connectivity index (χ0v) is 22.2. The number of carbonyl (C=O) groups excluding carboxylic acids is 4. The van der Waals surface area contributed by atoms with Crippen LogP contribution in [0.5, 0.6) is 5.75 Å². The van der Waals surface area contributed by atoms with E-state index in [-0.39, 0.29) is 17.4 Å². The highest BCUT2D eigenvalue weighted by Crippen LogP contribution is 2.32. The number of hydrogen-bond donors (Lipinski definition) is 2. The minimum atomic E-state index is -0.550. The average molecular weight is 550 g/mol. The molecule has 0 saturated carbocycles. The summed E-state index contributed by atoms with van der Waals surface area (Å²) in [6.07, 6.45) is 1.57. The SMILES string of the molecule is Cc1ccc(NC(=O)COc2ccc(/C=C3/SC(=O)N(CC(=O)Nc4cc(Cl)ccc4C)C3=O)cc2)cc1. The Bertz CT molecular complexity index is 1420. The topological polar surface area (TPSA) is 105 Å². The molecule has 0 spiro atoms. The van der Waals surface area contributed by atoms with E-state index in [1.165, 1.54) is 0 Å². The molecule has 38 heavy (non-hydrogen) atoms. The first-order valence-electron chi connectivity index (χ1n) is 11.6. The highest BCUT2D eigenvalue weighted by Gasteiger charge is 2.36. The molecule has 2 N–H and O–H groups in total. The largest absolute Gasteiger partial charge is 0.484 e. The summed E-state index contributed by atoms with van der Waals surface area (Å²) >= 11 is 6.75. The number of halogens is 1. The average Bonchev–Trinajstić information content (AvgIpc) is 3.14. The summed E-state index contributed by atoms with van der Waals surface area (Å²) in [5, 5.41) is 5.38. The van der Waals surface area contributed by atoms with Crippen LogP contribution in [-0.4, -0.2) is 41.0 Å². The highest BCUT2D eigenvalue weighted by molar-refractivity contribution is 8.18. The molecule has 3 aromatic rings. The number of nitrogens with one attached hydrogen (secondary N) is 2. The molecule has 8 nitrogen and oxygen atoms in total. The lowest BCUT2D eigenvalue weighted by atomic mass is 10.2. The van der Waals surface area contributed by atoms with Crippen LogP contribution in [0.2, 0.25) is 5.02 Å². The molecule has 1 aliphatic heterocycles. The normalized spacial score (nSPS) is 14.1. The first kappa shape index (κ1) is 27.0. The van der Waals surface area contributed by atoms with Gasteiger partial charge >= 0.3 is 0 Å². The first-order valence-corrected chi connectivity index (χ1v) is 12.8. The number of amides is 4. The number of anilines is 2. The third-order valence-corrected chi connectivity index (χ3v) is 6.67. The van der Waals surface area contributed by atoms with Crippen LogP contribution in [0.15, 0.2) is 71.6 Å². The molecule has 1 aliphatic rings. The Morgan fingerprint density at radius 2 is 1.66 bits per heavy atom. The van der Waals surface area contributed by atoms with Crippen LogP contribution in [-0.2, 0) is 14.4 Å². The van der Waals surface area contributed by atoms with Crippen LogP contribution in [0.25, 0.3) is 6.08 Å². The molecule has 0 unspecified atom stereocenters. The van der Waals surface area contributed by atoms with E-state index in [0.717, 1.165) is 27.8 Å². The van der Waals surface area contributed by atoms with Gasteiger partial charge in [-0.3, -0.25) is 24.1 Å². The predicted molar refractivity (Wildman–Crippen MR) is 149 cm³/mol. The second-order valence-corrected chi connectivity index (χ2v) is 9.98. The van der Waals surface area contributed by atoms with Gasteiger partial charge in [0.25, 0.3) is 17.1 Å². The van der Waals surface area contributed by atoms with Crippen molar-refractivity contribution in [2.24, 2.45) is 0 Å². The fourth-order valence-electron chi connectivity index (χ4n) is 3.49. The van der Waals surface area contributed by atoms with E-state index in [4.69, 9.17) is 16.3 Å². The van der Waals surface area contributed by atoms with Gasteiger partial charge in [-0.15, -0.1) is 0 Å². The lowest BCUT2D eigenvalue weighted by Crippen LogP contribution is -2.36. The van der Waals surface area contributed by atoms with Crippen LogP contribution < -0.4 is 15.4 Å². The molecule has 4 rings (SSSR count). The Morgan fingerprint density at radius 1 is 0.947 bits per heavy atom. The molecule has 0 aliphatic carbocycles. The number of nitrogens with zero attached hydrogens (tertiary/aromatic N) is 1. The summed E-state index contributed by atoms with van der Waals surface area (Å²) < 4.78 is 5.53. The molecule has 1 saturated heterocycles. The first-order chi connectivity index (χ1) is 18.2. The standard InChI is InChI=1S/C28H24ClN3O5S/c1-17-3-9-21(10-4-17)30-26(34)16-37-22-11-6-19(7-12-22)13-24-27(35)32(28(36)38-24)15-25(33)31-23-14-20(29)8-5-18(23)2/h3-14H,15-16H2,1-2H3,(H,30,34)(H,31,33)/b24-13+. The van der Waals surface area contributed by atoms with Gasteiger partial charge in [-0.1, -0.05) is 47.5 Å². The Labute approximate surface area is 229 Å². The monoisotopic (exact) mass is 549 g/mol. The van der Waals surface area contributed by atoms with Crippen molar-refractivity contribution in [3.8, 4) is 5.75 Å². The van der Waals surface area contributed by atoms with E-state index >= 15 is 0 Å². The van der Waals surface area contributed by atoms with Crippen LogP contribution in [0.3, 0.4) is 0 Å². The van der Waals surface area contributed by atoms with Crippen LogP contribution in [0.4, 0.5) is 16.2 Å². The van der Waals surface area contributed by atoms with E-state index in [9.17, 15) is 19.2 Å². The van der Waals surface area contributed by atoms with E-state index < -0.39 is 23.6 Å². The molecular formula is C28H24ClN3O5S. The van der Waals surface area contributed by atoms with Gasteiger partial charge in [-0.2, -0.15) is 0 Å². The summed E-state index contributed by atoms with van der Waals surface area (Å²) in [4.78, 5) is 50.9. The summed E-state index contributed by atoms with van der Waals surface area (Å²) in [5.41, 5.74) is 3.76. The predicted octanol–water partition coefficient (Wildman–Crippen LogP) is 5.65. The van der Waals surface area contributed by atoms with Crippen LogP contribution in [0.1, 0.15) is 16.7 Å². The van der Waals surface area contributed by atoms with Crippen molar-refractivity contribution in [2.75, 3.05) is 23.8 Å². The van der Waals surface area contributed by atoms with Crippen molar-refractivity contribution in [1.29, 1.82) is 0 Å². The van der Waals surface area contributed by atoms with Gasteiger partial charge in [0.05, 0.1) is 4.91 Å². The number of imide groups is 1. The molecule has 3 aromatic carbocycles. The summed E-state index contributed by atoms with van der Waals surface area (Å²) in [6, 6.07) is 19.2. The molecule has 1 fully saturated rings. The lowest BCUT2D eigenvalue weighted by Gasteiger charge is -2.13. The Balaban J connectivity index is 1.31. The molecule has 4 amide bonds. The summed E-state index contributed by atoms with van der Waals surface area (Å²) in [7, 11) is 0. The molecular weight excluding hydrogens is 526 g/mol. The zero-order chi connectivity index (χ0) is 27.2. The van der Waals surface area contributed by atoms with E-state index in [1.54, 1.807) is 48.5 Å². The Kier molecular flexibility index (Phi) is 8.50. The number of thioether (sulfide) groups is 1. The van der Waals surface area contributed by atoms with Gasteiger partial charge in [0.15, 0.2) is 6.61 Å². The maximum atomic E-state index is 12.8. The zero-order valence-electron chi connectivity index (χ0n) is 20.6. The number of rotatable bonds is 8. The van der Waals surface area contributed by atoms with E-state index in [0.29, 0.717) is 27.7 Å². The smallest absolute Gasteiger partial charge is 0.294 e. The van der Waals surface area contributed by atoms with Crippen LogP contribution >= 0.6 is 23.4 Å². The van der Waals surface area contributed by atoms with Gasteiger partial charge in [-0.05, 0) is 79.2 Å². The van der Waals surface area contributed by atoms with Gasteiger partial charge in [0.1, 0.15) is 12.3 Å². The van der Waals surface area contributed by atoms with Crippen molar-refractivity contribution in [3.63, 3.8) is 0 Å². The number of hydrogen-bond acceptors (Lipinski definition) is 6. The van der Waals surface area contributed by atoms with Crippen molar-refractivity contribution in [1.82, 2.24) is 4.90 Å². The van der Waals surface area contributed by atoms with Crippen molar-refractivity contribution < 1.29 is 23.9 Å². The molecule has 0 radical (unpaired) electrons. The van der Waals surface area contributed by atoms with Crippen molar-refractivity contribution in [2.45, 2.75) is 13.8 Å². The second-order valence-electron chi connectivity index (χ2n) is 8.55. The fourth-order valence-corrected chi connectivity index (χ4v) is 4.50. The highest BCUT2D eigenvalue weighted by atomic mass is 35.5. The van der Waals surface area contributed by atoms with Crippen molar-refractivity contribution in [3.05, 3.63) is 93.3 Å².